The van der Waals surface area contributed by atoms with Gasteiger partial charge in [-0.05, 0) is 24.5 Å². The molecule has 1 rings (SSSR count). The molecule has 0 unspecified atom stereocenters. The van der Waals surface area contributed by atoms with E-state index >= 15 is 0 Å². The van der Waals surface area contributed by atoms with Crippen LogP contribution in [0.1, 0.15) is 42.2 Å². The fraction of sp³-hybridized carbons (Fsp3) is 0.538. The number of amides is 1. The van der Waals surface area contributed by atoms with Crippen LogP contribution in [0.3, 0.4) is 0 Å². The Balaban J connectivity index is 2.67. The Labute approximate surface area is 113 Å². The quantitative estimate of drug-likeness (QED) is 0.639. The zero-order chi connectivity index (χ0) is 13.5. The molecule has 1 heterocycles. The van der Waals surface area contributed by atoms with Gasteiger partial charge in [-0.1, -0.05) is 25.4 Å². The van der Waals surface area contributed by atoms with Crippen LogP contribution in [-0.2, 0) is 4.74 Å². The standard InChI is InChI=1S/C13H19ClN2O2/c1-9(2)11-7-10(8-12(14)16-11)13(17)15-5-4-6-18-3/h7-9H,4-6H2,1-3H3,(H,15,17). The number of hydrogen-bond acceptors (Lipinski definition) is 3. The highest BCUT2D eigenvalue weighted by Gasteiger charge is 2.10. The first-order valence-corrected chi connectivity index (χ1v) is 6.37. The van der Waals surface area contributed by atoms with E-state index in [0.717, 1.165) is 12.1 Å². The molecule has 0 spiro atoms. The Morgan fingerprint density at radius 1 is 1.50 bits per heavy atom. The maximum Gasteiger partial charge on any atom is 0.251 e. The Kier molecular flexibility index (Phi) is 6.09. The summed E-state index contributed by atoms with van der Waals surface area (Å²) in [7, 11) is 1.64. The molecule has 0 fully saturated rings. The summed E-state index contributed by atoms with van der Waals surface area (Å²) < 4.78 is 4.92. The summed E-state index contributed by atoms with van der Waals surface area (Å²) in [5.74, 6) is 0.112. The van der Waals surface area contributed by atoms with Crippen molar-refractivity contribution in [3.05, 3.63) is 28.5 Å². The molecule has 1 aromatic heterocycles. The molecule has 1 aromatic rings. The molecule has 0 aliphatic rings. The third-order valence-electron chi connectivity index (χ3n) is 2.48. The number of rotatable bonds is 6. The Morgan fingerprint density at radius 3 is 2.83 bits per heavy atom. The van der Waals surface area contributed by atoms with E-state index in [1.165, 1.54) is 0 Å². The number of carbonyl (C=O) groups is 1. The van der Waals surface area contributed by atoms with Gasteiger partial charge in [0.15, 0.2) is 0 Å². The second-order valence-electron chi connectivity index (χ2n) is 4.36. The van der Waals surface area contributed by atoms with Crippen molar-refractivity contribution < 1.29 is 9.53 Å². The lowest BCUT2D eigenvalue weighted by atomic mass is 10.1. The highest BCUT2D eigenvalue weighted by Crippen LogP contribution is 2.17. The number of nitrogens with one attached hydrogen (secondary N) is 1. The van der Waals surface area contributed by atoms with Crippen molar-refractivity contribution in [2.45, 2.75) is 26.2 Å². The molecule has 0 radical (unpaired) electrons. The van der Waals surface area contributed by atoms with Gasteiger partial charge in [-0.25, -0.2) is 4.98 Å². The lowest BCUT2D eigenvalue weighted by Gasteiger charge is -2.09. The van der Waals surface area contributed by atoms with Gasteiger partial charge in [-0.3, -0.25) is 4.79 Å². The monoisotopic (exact) mass is 270 g/mol. The highest BCUT2D eigenvalue weighted by atomic mass is 35.5. The molecule has 5 heteroatoms. The van der Waals surface area contributed by atoms with E-state index in [2.05, 4.69) is 10.3 Å². The maximum atomic E-state index is 11.9. The number of ether oxygens (including phenoxy) is 1. The van der Waals surface area contributed by atoms with E-state index in [1.807, 2.05) is 13.8 Å². The Bertz CT molecular complexity index is 408. The predicted molar refractivity (Wildman–Crippen MR) is 72.2 cm³/mol. The van der Waals surface area contributed by atoms with Crippen molar-refractivity contribution in [1.82, 2.24) is 10.3 Å². The predicted octanol–water partition coefficient (Wildman–Crippen LogP) is 2.62. The minimum absolute atomic E-state index is 0.127. The average molecular weight is 271 g/mol. The molecule has 0 saturated carbocycles. The number of pyridine rings is 1. The van der Waals surface area contributed by atoms with Crippen LogP contribution in [0, 0.1) is 0 Å². The van der Waals surface area contributed by atoms with Gasteiger partial charge in [0.1, 0.15) is 5.15 Å². The van der Waals surface area contributed by atoms with Gasteiger partial charge in [0.2, 0.25) is 0 Å². The van der Waals surface area contributed by atoms with Crippen LogP contribution >= 0.6 is 11.6 Å². The van der Waals surface area contributed by atoms with E-state index in [9.17, 15) is 4.79 Å². The van der Waals surface area contributed by atoms with Crippen LogP contribution in [0.5, 0.6) is 0 Å². The van der Waals surface area contributed by atoms with Crippen LogP contribution in [-0.4, -0.2) is 31.2 Å². The second-order valence-corrected chi connectivity index (χ2v) is 4.75. The van der Waals surface area contributed by atoms with Crippen LogP contribution in [0.15, 0.2) is 12.1 Å². The average Bonchev–Trinajstić information content (AvgIpc) is 2.33. The first kappa shape index (κ1) is 14.9. The van der Waals surface area contributed by atoms with Gasteiger partial charge in [-0.15, -0.1) is 0 Å². The molecule has 100 valence electrons. The first-order valence-electron chi connectivity index (χ1n) is 5.99. The van der Waals surface area contributed by atoms with Crippen molar-refractivity contribution >= 4 is 17.5 Å². The van der Waals surface area contributed by atoms with Gasteiger partial charge in [0, 0.05) is 31.5 Å². The molecule has 0 saturated heterocycles. The second kappa shape index (κ2) is 7.34. The van der Waals surface area contributed by atoms with Crippen molar-refractivity contribution in [1.29, 1.82) is 0 Å². The fourth-order valence-electron chi connectivity index (χ4n) is 1.46. The number of methoxy groups -OCH3 is 1. The fourth-order valence-corrected chi connectivity index (χ4v) is 1.68. The van der Waals surface area contributed by atoms with Crippen molar-refractivity contribution in [2.24, 2.45) is 0 Å². The third kappa shape index (κ3) is 4.63. The molecule has 18 heavy (non-hydrogen) atoms. The lowest BCUT2D eigenvalue weighted by molar-refractivity contribution is 0.0948. The van der Waals surface area contributed by atoms with Gasteiger partial charge in [0.25, 0.3) is 5.91 Å². The van der Waals surface area contributed by atoms with E-state index < -0.39 is 0 Å². The van der Waals surface area contributed by atoms with Gasteiger partial charge in [0.05, 0.1) is 0 Å². The zero-order valence-electron chi connectivity index (χ0n) is 11.0. The summed E-state index contributed by atoms with van der Waals surface area (Å²) in [5.41, 5.74) is 1.38. The number of nitrogens with zero attached hydrogens (tertiary/aromatic N) is 1. The normalized spacial score (nSPS) is 10.7. The highest BCUT2D eigenvalue weighted by molar-refractivity contribution is 6.29. The SMILES string of the molecule is COCCCNC(=O)c1cc(Cl)nc(C(C)C)c1. The maximum absolute atomic E-state index is 11.9. The summed E-state index contributed by atoms with van der Waals surface area (Å²) in [6, 6.07) is 3.36. The summed E-state index contributed by atoms with van der Waals surface area (Å²) >= 11 is 5.91. The van der Waals surface area contributed by atoms with Gasteiger partial charge < -0.3 is 10.1 Å². The number of halogens is 1. The Hall–Kier alpha value is -1.13. The molecule has 0 atom stereocenters. The molecule has 0 aliphatic heterocycles. The largest absolute Gasteiger partial charge is 0.385 e. The molecule has 0 aliphatic carbocycles. The van der Waals surface area contributed by atoms with Gasteiger partial charge in [-0.2, -0.15) is 0 Å². The van der Waals surface area contributed by atoms with E-state index in [-0.39, 0.29) is 11.8 Å². The Morgan fingerprint density at radius 2 is 2.22 bits per heavy atom. The first-order chi connectivity index (χ1) is 8.54. The third-order valence-corrected chi connectivity index (χ3v) is 2.67. The van der Waals surface area contributed by atoms with Crippen LogP contribution in [0.2, 0.25) is 5.15 Å². The van der Waals surface area contributed by atoms with Gasteiger partial charge >= 0.3 is 0 Å². The molecular formula is C13H19ClN2O2. The van der Waals surface area contributed by atoms with Crippen molar-refractivity contribution in [2.75, 3.05) is 20.3 Å². The minimum Gasteiger partial charge on any atom is -0.385 e. The van der Waals surface area contributed by atoms with Crippen LogP contribution < -0.4 is 5.32 Å². The summed E-state index contributed by atoms with van der Waals surface area (Å²) in [4.78, 5) is 16.1. The minimum atomic E-state index is -0.127. The molecule has 0 aromatic carbocycles. The van der Waals surface area contributed by atoms with E-state index in [4.69, 9.17) is 16.3 Å². The summed E-state index contributed by atoms with van der Waals surface area (Å²) in [6.45, 7) is 5.25. The topological polar surface area (TPSA) is 51.2 Å². The smallest absolute Gasteiger partial charge is 0.251 e. The zero-order valence-corrected chi connectivity index (χ0v) is 11.8. The van der Waals surface area contributed by atoms with Crippen LogP contribution in [0.25, 0.3) is 0 Å². The molecule has 4 nitrogen and oxygen atoms in total. The molecule has 0 bridgehead atoms. The van der Waals surface area contributed by atoms with E-state index in [0.29, 0.717) is 23.9 Å². The van der Waals surface area contributed by atoms with Crippen LogP contribution in [0.4, 0.5) is 0 Å². The number of hydrogen-bond donors (Lipinski definition) is 1. The number of aromatic nitrogens is 1. The summed E-state index contributed by atoms with van der Waals surface area (Å²) in [6.07, 6.45) is 0.790. The number of carbonyl (C=O) groups excluding carboxylic acids is 1. The van der Waals surface area contributed by atoms with Crippen molar-refractivity contribution in [3.63, 3.8) is 0 Å². The molecule has 1 amide bonds. The molecular weight excluding hydrogens is 252 g/mol. The van der Waals surface area contributed by atoms with Crippen molar-refractivity contribution in [3.8, 4) is 0 Å². The lowest BCUT2D eigenvalue weighted by Crippen LogP contribution is -2.25. The summed E-state index contributed by atoms with van der Waals surface area (Å²) in [5, 5.41) is 3.17. The van der Waals surface area contributed by atoms with E-state index in [1.54, 1.807) is 19.2 Å². The molecule has 1 N–H and O–H groups in total.